The molecule has 5 aliphatic heterocycles. The van der Waals surface area contributed by atoms with Crippen LogP contribution >= 0.6 is 0 Å². The second-order valence-electron chi connectivity index (χ2n) is 7.59. The third kappa shape index (κ3) is 1.42. The van der Waals surface area contributed by atoms with E-state index in [1.54, 1.807) is 0 Å². The second-order valence-corrected chi connectivity index (χ2v) is 7.59. The average molecular weight is 339 g/mol. The molecule has 1 aromatic rings. The first-order chi connectivity index (χ1) is 12.1. The lowest BCUT2D eigenvalue weighted by molar-refractivity contribution is -0.146. The van der Waals surface area contributed by atoms with Crippen LogP contribution in [0, 0.1) is 17.8 Å². The third-order valence-electron chi connectivity index (χ3n) is 6.66. The predicted molar refractivity (Wildman–Crippen MR) is 85.9 cm³/mol. The fraction of sp³-hybridized carbons (Fsp3) is 0.474. The number of hydrogen-bond donors (Lipinski definition) is 1. The van der Waals surface area contributed by atoms with Crippen molar-refractivity contribution >= 4 is 17.6 Å². The van der Waals surface area contributed by atoms with Crippen molar-refractivity contribution in [1.29, 1.82) is 0 Å². The van der Waals surface area contributed by atoms with Gasteiger partial charge in [0.2, 0.25) is 5.91 Å². The minimum Gasteiger partial charge on any atom is -0.481 e. The van der Waals surface area contributed by atoms with Gasteiger partial charge in [-0.15, -0.1) is 0 Å². The van der Waals surface area contributed by atoms with Gasteiger partial charge >= 0.3 is 5.97 Å². The van der Waals surface area contributed by atoms with Crippen LogP contribution in [-0.2, 0) is 19.1 Å². The first-order valence-corrected chi connectivity index (χ1v) is 8.77. The molecule has 0 radical (unpaired) electrons. The van der Waals surface area contributed by atoms with E-state index < -0.39 is 29.5 Å². The molecular weight excluding hydrogens is 322 g/mol. The molecule has 128 valence electrons. The van der Waals surface area contributed by atoms with E-state index >= 15 is 0 Å². The van der Waals surface area contributed by atoms with Crippen molar-refractivity contribution in [3.63, 3.8) is 0 Å². The molecule has 6 heteroatoms. The Hall–Kier alpha value is -2.18. The second kappa shape index (κ2) is 4.31. The molecule has 1 N–H and O–H groups in total. The van der Waals surface area contributed by atoms with Crippen LogP contribution in [0.15, 0.2) is 36.4 Å². The number of carbonyl (C=O) groups excluding carboxylic acids is 1. The number of benzene rings is 1. The van der Waals surface area contributed by atoms with Crippen LogP contribution in [0.25, 0.3) is 0 Å². The topological polar surface area (TPSA) is 76.1 Å². The smallest absolute Gasteiger partial charge is 0.310 e. The lowest BCUT2D eigenvalue weighted by Gasteiger charge is -2.43. The Balaban J connectivity index is 1.59. The van der Waals surface area contributed by atoms with Gasteiger partial charge in [-0.25, -0.2) is 0 Å². The Morgan fingerprint density at radius 1 is 1.32 bits per heavy atom. The summed E-state index contributed by atoms with van der Waals surface area (Å²) in [5.41, 5.74) is 1.03. The summed E-state index contributed by atoms with van der Waals surface area (Å²) >= 11 is 0. The normalized spacial score (nSPS) is 45.3. The van der Waals surface area contributed by atoms with Crippen molar-refractivity contribution < 1.29 is 24.2 Å². The number of carboxylic acids is 1. The number of aliphatic carboxylic acids is 1. The molecule has 0 aromatic heterocycles. The van der Waals surface area contributed by atoms with Crippen LogP contribution in [0.4, 0.5) is 5.69 Å². The zero-order valence-corrected chi connectivity index (χ0v) is 13.4. The SMILES string of the molecule is O=C(O)[C@H]1[C@@H]2C=C[C@@]3(O2)[C@@H]2[C@@H]4CCO[C@H]4c4ccccc4N2C(=O)[C@@H]13. The molecule has 1 spiro atoms. The van der Waals surface area contributed by atoms with Gasteiger partial charge in [-0.3, -0.25) is 9.59 Å². The summed E-state index contributed by atoms with van der Waals surface area (Å²) in [7, 11) is 0. The van der Waals surface area contributed by atoms with E-state index in [1.807, 2.05) is 41.3 Å². The van der Waals surface area contributed by atoms with Gasteiger partial charge in [0, 0.05) is 23.8 Å². The molecule has 5 heterocycles. The molecule has 6 rings (SSSR count). The van der Waals surface area contributed by atoms with Gasteiger partial charge in [-0.2, -0.15) is 0 Å². The van der Waals surface area contributed by atoms with Crippen molar-refractivity contribution in [1.82, 2.24) is 0 Å². The fourth-order valence-corrected chi connectivity index (χ4v) is 5.86. The molecule has 6 nitrogen and oxygen atoms in total. The molecule has 3 saturated heterocycles. The van der Waals surface area contributed by atoms with Gasteiger partial charge in [0.15, 0.2) is 0 Å². The first kappa shape index (κ1) is 14.0. The number of ether oxygens (including phenoxy) is 2. The van der Waals surface area contributed by atoms with E-state index in [1.165, 1.54) is 0 Å². The van der Waals surface area contributed by atoms with E-state index in [9.17, 15) is 14.7 Å². The summed E-state index contributed by atoms with van der Waals surface area (Å²) in [6.07, 6.45) is 4.07. The number of hydrogen-bond acceptors (Lipinski definition) is 4. The summed E-state index contributed by atoms with van der Waals surface area (Å²) < 4.78 is 12.2. The molecule has 0 unspecified atom stereocenters. The molecular formula is C19H17NO5. The van der Waals surface area contributed by atoms with Gasteiger partial charge in [-0.05, 0) is 12.5 Å². The van der Waals surface area contributed by atoms with E-state index in [0.717, 1.165) is 17.7 Å². The van der Waals surface area contributed by atoms with Crippen LogP contribution < -0.4 is 4.90 Å². The molecule has 5 aliphatic rings. The van der Waals surface area contributed by atoms with Crippen LogP contribution in [0.2, 0.25) is 0 Å². The van der Waals surface area contributed by atoms with E-state index in [2.05, 4.69) is 0 Å². The number of para-hydroxylation sites is 1. The Morgan fingerprint density at radius 2 is 2.16 bits per heavy atom. The van der Waals surface area contributed by atoms with Crippen molar-refractivity contribution in [3.05, 3.63) is 42.0 Å². The highest BCUT2D eigenvalue weighted by atomic mass is 16.5. The number of carboxylic acid groups (broad SMARTS) is 1. The zero-order valence-electron chi connectivity index (χ0n) is 13.4. The van der Waals surface area contributed by atoms with Gasteiger partial charge in [0.05, 0.1) is 24.2 Å². The summed E-state index contributed by atoms with van der Waals surface area (Å²) in [5, 5.41) is 9.70. The van der Waals surface area contributed by atoms with Crippen molar-refractivity contribution in [3.8, 4) is 0 Å². The number of fused-ring (bicyclic) bond motifs is 7. The molecule has 0 saturated carbocycles. The number of amides is 1. The standard InChI is InChI=1S/C19H17NO5/c21-17-14-13(18(22)23)12-5-7-19(14,25-12)16-10-6-8-24-15(10)9-3-1-2-4-11(9)20(16)17/h1-5,7,10,12-16H,6,8H2,(H,22,23)/t10-,12+,13+,14-,15+,16+,19+/m1/s1. The maximum Gasteiger partial charge on any atom is 0.310 e. The summed E-state index contributed by atoms with van der Waals surface area (Å²) in [6.45, 7) is 0.651. The Bertz CT molecular complexity index is 850. The van der Waals surface area contributed by atoms with Crippen molar-refractivity contribution in [2.45, 2.75) is 30.3 Å². The highest BCUT2D eigenvalue weighted by Gasteiger charge is 2.74. The number of nitrogens with zero attached hydrogens (tertiary/aromatic N) is 1. The molecule has 3 fully saturated rings. The molecule has 0 aliphatic carbocycles. The Morgan fingerprint density at radius 3 is 3.00 bits per heavy atom. The van der Waals surface area contributed by atoms with E-state index in [4.69, 9.17) is 9.47 Å². The lowest BCUT2D eigenvalue weighted by Crippen LogP contribution is -2.53. The van der Waals surface area contributed by atoms with E-state index in [-0.39, 0.29) is 24.0 Å². The quantitative estimate of drug-likeness (QED) is 0.785. The minimum absolute atomic E-state index is 0.0571. The Labute approximate surface area is 144 Å². The summed E-state index contributed by atoms with van der Waals surface area (Å²) in [4.78, 5) is 27.0. The summed E-state index contributed by atoms with van der Waals surface area (Å²) in [6, 6.07) is 7.61. The molecule has 1 amide bonds. The van der Waals surface area contributed by atoms with Crippen molar-refractivity contribution in [2.75, 3.05) is 11.5 Å². The maximum absolute atomic E-state index is 13.4. The van der Waals surface area contributed by atoms with Crippen LogP contribution in [-0.4, -0.2) is 41.3 Å². The minimum atomic E-state index is -0.957. The average Bonchev–Trinajstić information content (AvgIpc) is 3.35. The lowest BCUT2D eigenvalue weighted by atomic mass is 9.70. The maximum atomic E-state index is 13.4. The number of anilines is 1. The monoisotopic (exact) mass is 339 g/mol. The molecule has 7 atom stereocenters. The number of rotatable bonds is 1. The first-order valence-electron chi connectivity index (χ1n) is 8.77. The molecule has 1 aromatic carbocycles. The molecule has 25 heavy (non-hydrogen) atoms. The highest BCUT2D eigenvalue weighted by molar-refractivity contribution is 6.04. The van der Waals surface area contributed by atoms with Gasteiger partial charge in [0.1, 0.15) is 11.5 Å². The molecule has 2 bridgehead atoms. The largest absolute Gasteiger partial charge is 0.481 e. The Kier molecular flexibility index (Phi) is 2.42. The summed E-state index contributed by atoms with van der Waals surface area (Å²) in [5.74, 6) is -2.42. The van der Waals surface area contributed by atoms with Gasteiger partial charge < -0.3 is 19.5 Å². The van der Waals surface area contributed by atoms with Gasteiger partial charge in [-0.1, -0.05) is 30.4 Å². The third-order valence-corrected chi connectivity index (χ3v) is 6.66. The fourth-order valence-electron chi connectivity index (χ4n) is 5.86. The predicted octanol–water partition coefficient (Wildman–Crippen LogP) is 1.52. The highest BCUT2D eigenvalue weighted by Crippen LogP contribution is 2.62. The van der Waals surface area contributed by atoms with E-state index in [0.29, 0.717) is 6.61 Å². The van der Waals surface area contributed by atoms with Crippen LogP contribution in [0.1, 0.15) is 18.1 Å². The van der Waals surface area contributed by atoms with Gasteiger partial charge in [0.25, 0.3) is 0 Å². The van der Waals surface area contributed by atoms with Crippen molar-refractivity contribution in [2.24, 2.45) is 17.8 Å². The van der Waals surface area contributed by atoms with Crippen LogP contribution in [0.3, 0.4) is 0 Å². The number of carbonyl (C=O) groups is 2. The zero-order chi connectivity index (χ0) is 16.9. The van der Waals surface area contributed by atoms with Crippen LogP contribution in [0.5, 0.6) is 0 Å².